The van der Waals surface area contributed by atoms with Crippen molar-refractivity contribution in [2.75, 3.05) is 13.2 Å². The van der Waals surface area contributed by atoms with Crippen molar-refractivity contribution in [1.82, 2.24) is 4.72 Å². The van der Waals surface area contributed by atoms with Gasteiger partial charge in [0.1, 0.15) is 0 Å². The summed E-state index contributed by atoms with van der Waals surface area (Å²) in [5.74, 6) is -1.57. The molecule has 1 fully saturated rings. The molecule has 0 aliphatic carbocycles. The van der Waals surface area contributed by atoms with Crippen LogP contribution in [0.3, 0.4) is 0 Å². The molecule has 6 nitrogen and oxygen atoms in total. The minimum absolute atomic E-state index is 0.156. The molecule has 144 valence electrons. The number of carboxylic acid groups (broad SMARTS) is 1. The van der Waals surface area contributed by atoms with Crippen LogP contribution in [-0.4, -0.2) is 40.7 Å². The van der Waals surface area contributed by atoms with E-state index in [4.69, 9.17) is 14.6 Å². The Morgan fingerprint density at radius 2 is 2.00 bits per heavy atom. The zero-order chi connectivity index (χ0) is 19.2. The molecule has 7 heteroatoms. The molecule has 1 aliphatic heterocycles. The van der Waals surface area contributed by atoms with E-state index in [1.54, 1.807) is 13.0 Å². The summed E-state index contributed by atoms with van der Waals surface area (Å²) in [6.45, 7) is 6.57. The first kappa shape index (κ1) is 20.9. The minimum Gasteiger partial charge on any atom is -0.593 e. The van der Waals surface area contributed by atoms with E-state index in [1.807, 2.05) is 38.1 Å². The van der Waals surface area contributed by atoms with E-state index in [2.05, 4.69) is 4.72 Å². The fourth-order valence-corrected chi connectivity index (χ4v) is 3.69. The molecule has 0 unspecified atom stereocenters. The van der Waals surface area contributed by atoms with Crippen LogP contribution in [0.15, 0.2) is 40.8 Å². The summed E-state index contributed by atoms with van der Waals surface area (Å²) >= 11 is -1.37. The molecule has 26 heavy (non-hydrogen) atoms. The lowest BCUT2D eigenvalue weighted by molar-refractivity contribution is -0.148. The monoisotopic (exact) mass is 381 g/mol. The van der Waals surface area contributed by atoms with E-state index in [9.17, 15) is 9.35 Å². The fourth-order valence-electron chi connectivity index (χ4n) is 2.65. The van der Waals surface area contributed by atoms with Gasteiger partial charge in [-0.05, 0) is 45.7 Å². The molecule has 2 atom stereocenters. The molecule has 0 spiro atoms. The molecule has 0 saturated carbocycles. The van der Waals surface area contributed by atoms with E-state index in [-0.39, 0.29) is 11.6 Å². The van der Waals surface area contributed by atoms with E-state index in [1.165, 1.54) is 0 Å². The molecule has 0 aromatic heterocycles. The number of hydrogen-bond donors (Lipinski definition) is 2. The molecule has 1 aromatic carbocycles. The number of benzene rings is 1. The highest BCUT2D eigenvalue weighted by Crippen LogP contribution is 2.26. The van der Waals surface area contributed by atoms with Crippen LogP contribution in [0.25, 0.3) is 0 Å². The highest BCUT2D eigenvalue weighted by Gasteiger charge is 2.32. The van der Waals surface area contributed by atoms with Crippen LogP contribution in [0.2, 0.25) is 0 Å². The minimum atomic E-state index is -1.37. The summed E-state index contributed by atoms with van der Waals surface area (Å²) in [5, 5.41) is 9.04. The van der Waals surface area contributed by atoms with Gasteiger partial charge in [-0.1, -0.05) is 23.8 Å². The van der Waals surface area contributed by atoms with Crippen LogP contribution in [-0.2, 0) is 25.6 Å². The van der Waals surface area contributed by atoms with E-state index in [0.29, 0.717) is 37.4 Å². The average Bonchev–Trinajstić information content (AvgIpc) is 3.04. The maximum atomic E-state index is 12.6. The molecule has 2 N–H and O–H groups in total. The lowest BCUT2D eigenvalue weighted by Gasteiger charge is -2.25. The average molecular weight is 381 g/mol. The molecular weight excluding hydrogens is 354 g/mol. The first-order valence-electron chi connectivity index (χ1n) is 8.72. The summed E-state index contributed by atoms with van der Waals surface area (Å²) in [7, 11) is 0. The Morgan fingerprint density at radius 1 is 1.38 bits per heavy atom. The molecule has 1 saturated heterocycles. The van der Waals surface area contributed by atoms with Crippen molar-refractivity contribution in [3.05, 3.63) is 41.5 Å². The van der Waals surface area contributed by atoms with Gasteiger partial charge >= 0.3 is 5.97 Å². The first-order chi connectivity index (χ1) is 12.3. The van der Waals surface area contributed by atoms with Gasteiger partial charge in [-0.15, -0.1) is 4.72 Å². The number of carbonyl (C=O) groups is 1. The molecular formula is C19H27NO5S. The second-order valence-corrected chi connectivity index (χ2v) is 7.94. The number of hydrogen-bond acceptors (Lipinski definition) is 5. The Kier molecular flexibility index (Phi) is 7.67. The van der Waals surface area contributed by atoms with Crippen molar-refractivity contribution in [1.29, 1.82) is 0 Å². The Labute approximate surface area is 157 Å². The molecule has 0 radical (unpaired) electrons. The van der Waals surface area contributed by atoms with Crippen LogP contribution in [0.5, 0.6) is 0 Å². The van der Waals surface area contributed by atoms with Gasteiger partial charge in [-0.2, -0.15) is 0 Å². The highest BCUT2D eigenvalue weighted by molar-refractivity contribution is 7.89. The summed E-state index contributed by atoms with van der Waals surface area (Å²) in [6.07, 6.45) is 3.41. The van der Waals surface area contributed by atoms with Gasteiger partial charge in [0.15, 0.2) is 10.7 Å². The molecule has 1 aromatic rings. The first-order valence-corrected chi connectivity index (χ1v) is 9.87. The summed E-state index contributed by atoms with van der Waals surface area (Å²) in [6, 6.07) is 7.34. The lowest BCUT2D eigenvalue weighted by atomic mass is 10.0. The number of nitrogens with one attached hydrogen (secondary N) is 1. The van der Waals surface area contributed by atoms with E-state index < -0.39 is 23.1 Å². The van der Waals surface area contributed by atoms with Crippen molar-refractivity contribution in [3.63, 3.8) is 0 Å². The van der Waals surface area contributed by atoms with Crippen molar-refractivity contribution in [2.24, 2.45) is 0 Å². The van der Waals surface area contributed by atoms with Gasteiger partial charge in [0.2, 0.25) is 0 Å². The second kappa shape index (κ2) is 9.53. The zero-order valence-corrected chi connectivity index (χ0v) is 16.3. The summed E-state index contributed by atoms with van der Waals surface area (Å²) in [5.41, 5.74) is 1.38. The smallest absolute Gasteiger partial charge is 0.330 e. The Balaban J connectivity index is 2.02. The third kappa shape index (κ3) is 6.41. The largest absolute Gasteiger partial charge is 0.593 e. The molecule has 0 bridgehead atoms. The van der Waals surface area contributed by atoms with Crippen molar-refractivity contribution < 1.29 is 23.9 Å². The Hall–Kier alpha value is -1.38. The molecule has 1 heterocycles. The quantitative estimate of drug-likeness (QED) is 0.505. The Bertz CT molecular complexity index is 625. The Morgan fingerprint density at radius 3 is 2.58 bits per heavy atom. The predicted molar refractivity (Wildman–Crippen MR) is 100 cm³/mol. The SMILES string of the molecule is CC(=CC[C@H](CCC1(C)OCCO1)N[S@@+]([O-])c1ccc(C)cc1)C(=O)O. The van der Waals surface area contributed by atoms with Gasteiger partial charge in [-0.25, -0.2) is 4.79 Å². The fraction of sp³-hybridized carbons (Fsp3) is 0.526. The van der Waals surface area contributed by atoms with Crippen molar-refractivity contribution in [3.8, 4) is 0 Å². The van der Waals surface area contributed by atoms with E-state index >= 15 is 0 Å². The zero-order valence-electron chi connectivity index (χ0n) is 15.5. The summed E-state index contributed by atoms with van der Waals surface area (Å²) in [4.78, 5) is 11.7. The van der Waals surface area contributed by atoms with Gasteiger partial charge < -0.3 is 19.1 Å². The van der Waals surface area contributed by atoms with Crippen LogP contribution in [0.1, 0.15) is 38.7 Å². The number of aliphatic carboxylic acids is 1. The van der Waals surface area contributed by atoms with Crippen LogP contribution >= 0.6 is 0 Å². The standard InChI is InChI=1S/C19H27NO5S/c1-14-4-8-17(9-5-14)26(23)20-16(7-6-15(2)18(21)22)10-11-19(3)24-12-13-25-19/h4-6,8-9,16,20H,7,10-13H2,1-3H3,(H,21,22)/t16-,26+/m1/s1. The molecule has 0 amide bonds. The maximum Gasteiger partial charge on any atom is 0.330 e. The number of ether oxygens (including phenoxy) is 2. The van der Waals surface area contributed by atoms with Crippen LogP contribution < -0.4 is 4.72 Å². The van der Waals surface area contributed by atoms with Gasteiger partial charge in [0, 0.05) is 12.0 Å². The summed E-state index contributed by atoms with van der Waals surface area (Å²) < 4.78 is 27.0. The van der Waals surface area contributed by atoms with Crippen LogP contribution in [0.4, 0.5) is 0 Å². The second-order valence-electron chi connectivity index (χ2n) is 6.69. The van der Waals surface area contributed by atoms with Gasteiger partial charge in [0.05, 0.1) is 30.6 Å². The third-order valence-corrected chi connectivity index (χ3v) is 5.65. The van der Waals surface area contributed by atoms with E-state index in [0.717, 1.165) is 5.56 Å². The molecule has 2 rings (SSSR count). The highest BCUT2D eigenvalue weighted by atomic mass is 32.2. The van der Waals surface area contributed by atoms with Crippen molar-refractivity contribution >= 4 is 17.3 Å². The number of carboxylic acids is 1. The number of aryl methyl sites for hydroxylation is 1. The van der Waals surface area contributed by atoms with Gasteiger partial charge in [-0.3, -0.25) is 0 Å². The normalized spacial score (nSPS) is 19.3. The van der Waals surface area contributed by atoms with Crippen molar-refractivity contribution in [2.45, 2.75) is 56.8 Å². The lowest BCUT2D eigenvalue weighted by Crippen LogP contribution is -2.37. The predicted octanol–water partition coefficient (Wildman–Crippen LogP) is 2.94. The van der Waals surface area contributed by atoms with Crippen LogP contribution in [0, 0.1) is 6.92 Å². The third-order valence-electron chi connectivity index (χ3n) is 4.40. The maximum absolute atomic E-state index is 12.6. The number of rotatable bonds is 9. The van der Waals surface area contributed by atoms with Gasteiger partial charge in [0.25, 0.3) is 0 Å². The molecule has 1 aliphatic rings. The topological polar surface area (TPSA) is 90.9 Å².